The number of nitrogens with zero attached hydrogens (tertiary/aromatic N) is 1. The standard InChI is InChI=1S/C15H24N2O2/c1-11(9-12(2)18)10-16-15(19)13-5-7-14(8-6-13)17(3)4/h5-8,11-12,18H,9-10H2,1-4H3,(H,16,19)/t11-,12-/m0/s1. The number of hydrogen-bond acceptors (Lipinski definition) is 3. The molecule has 0 spiro atoms. The van der Waals surface area contributed by atoms with E-state index in [1.165, 1.54) is 0 Å². The number of carbonyl (C=O) groups is 1. The minimum Gasteiger partial charge on any atom is -0.393 e. The maximum Gasteiger partial charge on any atom is 0.251 e. The second kappa shape index (κ2) is 7.14. The van der Waals surface area contributed by atoms with Crippen molar-refractivity contribution in [2.45, 2.75) is 26.4 Å². The van der Waals surface area contributed by atoms with Crippen LogP contribution >= 0.6 is 0 Å². The summed E-state index contributed by atoms with van der Waals surface area (Å²) < 4.78 is 0. The Kier molecular flexibility index (Phi) is 5.83. The van der Waals surface area contributed by atoms with Crippen molar-refractivity contribution < 1.29 is 9.90 Å². The van der Waals surface area contributed by atoms with Crippen LogP contribution in [0.2, 0.25) is 0 Å². The lowest BCUT2D eigenvalue weighted by molar-refractivity contribution is 0.0939. The molecule has 0 bridgehead atoms. The third-order valence-corrected chi connectivity index (χ3v) is 3.00. The second-order valence-electron chi connectivity index (χ2n) is 5.34. The van der Waals surface area contributed by atoms with Crippen molar-refractivity contribution in [2.75, 3.05) is 25.5 Å². The number of nitrogens with one attached hydrogen (secondary N) is 1. The first-order valence-electron chi connectivity index (χ1n) is 6.63. The Hall–Kier alpha value is -1.55. The van der Waals surface area contributed by atoms with Crippen LogP contribution in [0.4, 0.5) is 5.69 Å². The van der Waals surface area contributed by atoms with E-state index in [2.05, 4.69) is 5.32 Å². The van der Waals surface area contributed by atoms with Crippen molar-refractivity contribution in [2.24, 2.45) is 5.92 Å². The van der Waals surface area contributed by atoms with Gasteiger partial charge in [-0.1, -0.05) is 6.92 Å². The predicted octanol–water partition coefficient (Wildman–Crippen LogP) is 1.89. The summed E-state index contributed by atoms with van der Waals surface area (Å²) in [6.45, 7) is 4.36. The zero-order valence-electron chi connectivity index (χ0n) is 12.2. The van der Waals surface area contributed by atoms with Gasteiger partial charge >= 0.3 is 0 Å². The van der Waals surface area contributed by atoms with Crippen LogP contribution in [0.25, 0.3) is 0 Å². The van der Waals surface area contributed by atoms with Gasteiger partial charge in [0.25, 0.3) is 5.91 Å². The summed E-state index contributed by atoms with van der Waals surface area (Å²) >= 11 is 0. The molecule has 1 amide bonds. The first-order valence-corrected chi connectivity index (χ1v) is 6.63. The van der Waals surface area contributed by atoms with E-state index in [0.717, 1.165) is 5.69 Å². The average Bonchev–Trinajstić information content (AvgIpc) is 2.35. The second-order valence-corrected chi connectivity index (χ2v) is 5.34. The van der Waals surface area contributed by atoms with E-state index in [-0.39, 0.29) is 17.9 Å². The predicted molar refractivity (Wildman–Crippen MR) is 78.6 cm³/mol. The van der Waals surface area contributed by atoms with Gasteiger partial charge in [0.15, 0.2) is 0 Å². The van der Waals surface area contributed by atoms with Crippen molar-refractivity contribution in [3.63, 3.8) is 0 Å². The van der Waals surface area contributed by atoms with Gasteiger partial charge in [-0.05, 0) is 43.5 Å². The van der Waals surface area contributed by atoms with E-state index < -0.39 is 0 Å². The smallest absolute Gasteiger partial charge is 0.251 e. The Morgan fingerprint density at radius 1 is 1.26 bits per heavy atom. The van der Waals surface area contributed by atoms with Gasteiger partial charge in [0, 0.05) is 31.9 Å². The fourth-order valence-corrected chi connectivity index (χ4v) is 1.95. The topological polar surface area (TPSA) is 52.6 Å². The van der Waals surface area contributed by atoms with Gasteiger partial charge in [0.05, 0.1) is 6.10 Å². The van der Waals surface area contributed by atoms with Gasteiger partial charge < -0.3 is 15.3 Å². The van der Waals surface area contributed by atoms with Crippen LogP contribution in [-0.4, -0.2) is 37.8 Å². The molecule has 2 N–H and O–H groups in total. The van der Waals surface area contributed by atoms with Crippen molar-refractivity contribution in [3.05, 3.63) is 29.8 Å². The summed E-state index contributed by atoms with van der Waals surface area (Å²) in [6, 6.07) is 7.50. The fraction of sp³-hybridized carbons (Fsp3) is 0.533. The number of hydrogen-bond donors (Lipinski definition) is 2. The molecule has 0 aliphatic carbocycles. The highest BCUT2D eigenvalue weighted by Crippen LogP contribution is 2.12. The van der Waals surface area contributed by atoms with Gasteiger partial charge in [-0.2, -0.15) is 0 Å². The average molecular weight is 264 g/mol. The third kappa shape index (κ3) is 5.30. The summed E-state index contributed by atoms with van der Waals surface area (Å²) in [5.74, 6) is 0.202. The minimum atomic E-state index is -0.328. The number of carbonyl (C=O) groups excluding carboxylic acids is 1. The lowest BCUT2D eigenvalue weighted by Crippen LogP contribution is -2.29. The zero-order valence-corrected chi connectivity index (χ0v) is 12.2. The highest BCUT2D eigenvalue weighted by molar-refractivity contribution is 5.94. The van der Waals surface area contributed by atoms with E-state index >= 15 is 0 Å². The van der Waals surface area contributed by atoms with Crippen molar-refractivity contribution in [3.8, 4) is 0 Å². The molecule has 1 aromatic carbocycles. The molecule has 0 unspecified atom stereocenters. The summed E-state index contributed by atoms with van der Waals surface area (Å²) in [6.07, 6.45) is 0.367. The molecule has 0 radical (unpaired) electrons. The molecule has 0 aromatic heterocycles. The van der Waals surface area contributed by atoms with Crippen molar-refractivity contribution in [1.29, 1.82) is 0 Å². The van der Waals surface area contributed by atoms with E-state index in [9.17, 15) is 9.90 Å². The molecule has 0 heterocycles. The molecule has 0 saturated carbocycles. The normalized spacial score (nSPS) is 13.7. The van der Waals surface area contributed by atoms with Crippen LogP contribution < -0.4 is 10.2 Å². The highest BCUT2D eigenvalue weighted by Gasteiger charge is 2.10. The summed E-state index contributed by atoms with van der Waals surface area (Å²) in [4.78, 5) is 13.9. The first-order chi connectivity index (χ1) is 8.90. The molecule has 1 rings (SSSR count). The Labute approximate surface area is 115 Å². The molecule has 106 valence electrons. The fourth-order valence-electron chi connectivity index (χ4n) is 1.95. The zero-order chi connectivity index (χ0) is 14.4. The number of amides is 1. The molecule has 19 heavy (non-hydrogen) atoms. The van der Waals surface area contributed by atoms with Gasteiger partial charge in [-0.15, -0.1) is 0 Å². The highest BCUT2D eigenvalue weighted by atomic mass is 16.3. The SMILES string of the molecule is C[C@H](CNC(=O)c1ccc(N(C)C)cc1)C[C@H](C)O. The molecule has 0 saturated heterocycles. The maximum absolute atomic E-state index is 11.9. The monoisotopic (exact) mass is 264 g/mol. The number of benzene rings is 1. The van der Waals surface area contributed by atoms with Crippen LogP contribution in [0.1, 0.15) is 30.6 Å². The van der Waals surface area contributed by atoms with Crippen LogP contribution in [0.3, 0.4) is 0 Å². The number of anilines is 1. The molecule has 0 aliphatic rings. The van der Waals surface area contributed by atoms with Crippen LogP contribution in [0.15, 0.2) is 24.3 Å². The minimum absolute atomic E-state index is 0.0669. The lowest BCUT2D eigenvalue weighted by Gasteiger charge is -2.15. The van der Waals surface area contributed by atoms with Crippen LogP contribution in [0, 0.1) is 5.92 Å². The number of rotatable bonds is 6. The molecule has 4 heteroatoms. The van der Waals surface area contributed by atoms with Crippen LogP contribution in [0.5, 0.6) is 0 Å². The number of aliphatic hydroxyl groups excluding tert-OH is 1. The molecule has 0 aliphatic heterocycles. The van der Waals surface area contributed by atoms with E-state index in [0.29, 0.717) is 18.5 Å². The summed E-state index contributed by atoms with van der Waals surface area (Å²) in [7, 11) is 3.93. The molecule has 1 aromatic rings. The molecule has 0 fully saturated rings. The van der Waals surface area contributed by atoms with Gasteiger partial charge in [0.2, 0.25) is 0 Å². The molecule has 2 atom stereocenters. The van der Waals surface area contributed by atoms with Gasteiger partial charge in [0.1, 0.15) is 0 Å². The molecular weight excluding hydrogens is 240 g/mol. The lowest BCUT2D eigenvalue weighted by atomic mass is 10.0. The summed E-state index contributed by atoms with van der Waals surface area (Å²) in [5, 5.41) is 12.2. The van der Waals surface area contributed by atoms with E-state index in [1.54, 1.807) is 6.92 Å². The van der Waals surface area contributed by atoms with Crippen molar-refractivity contribution in [1.82, 2.24) is 5.32 Å². The Morgan fingerprint density at radius 2 is 1.84 bits per heavy atom. The molecular formula is C15H24N2O2. The molecule has 4 nitrogen and oxygen atoms in total. The Balaban J connectivity index is 2.49. The van der Waals surface area contributed by atoms with E-state index in [4.69, 9.17) is 0 Å². The largest absolute Gasteiger partial charge is 0.393 e. The maximum atomic E-state index is 11.9. The van der Waals surface area contributed by atoms with Gasteiger partial charge in [-0.3, -0.25) is 4.79 Å². The quantitative estimate of drug-likeness (QED) is 0.825. The Morgan fingerprint density at radius 3 is 2.32 bits per heavy atom. The Bertz CT molecular complexity index is 399. The van der Waals surface area contributed by atoms with Crippen molar-refractivity contribution >= 4 is 11.6 Å². The first kappa shape index (κ1) is 15.5. The number of aliphatic hydroxyl groups is 1. The van der Waals surface area contributed by atoms with Crippen LogP contribution in [-0.2, 0) is 0 Å². The van der Waals surface area contributed by atoms with Gasteiger partial charge in [-0.25, -0.2) is 0 Å². The third-order valence-electron chi connectivity index (χ3n) is 3.00. The summed E-state index contributed by atoms with van der Waals surface area (Å²) in [5.41, 5.74) is 1.73. The van der Waals surface area contributed by atoms with E-state index in [1.807, 2.05) is 50.2 Å².